The standard InChI is InChI=1S/C15H12Cl2N2O3S/c1-23-11-4-2-9(3-5-11)15(21)22-8-13(20)19-14-12(17)6-10(16)7-18-14/h2-7H,8H2,1H3,(H,18,19,20). The van der Waals surface area contributed by atoms with E-state index in [0.717, 1.165) is 4.90 Å². The number of halogens is 2. The topological polar surface area (TPSA) is 68.3 Å². The van der Waals surface area contributed by atoms with Gasteiger partial charge in [-0.25, -0.2) is 9.78 Å². The number of carbonyl (C=O) groups is 2. The lowest BCUT2D eigenvalue weighted by Gasteiger charge is -2.07. The van der Waals surface area contributed by atoms with Crippen LogP contribution in [0, 0.1) is 0 Å². The average molecular weight is 371 g/mol. The second kappa shape index (κ2) is 8.19. The Hall–Kier alpha value is -1.76. The Morgan fingerprint density at radius 3 is 2.57 bits per heavy atom. The second-order valence-corrected chi connectivity index (χ2v) is 6.06. The van der Waals surface area contributed by atoms with Crippen LogP contribution in [0.5, 0.6) is 0 Å². The van der Waals surface area contributed by atoms with Crippen molar-refractivity contribution in [3.63, 3.8) is 0 Å². The van der Waals surface area contributed by atoms with Crippen molar-refractivity contribution in [2.75, 3.05) is 18.2 Å². The molecule has 0 radical (unpaired) electrons. The Bertz CT molecular complexity index is 723. The molecule has 0 aliphatic rings. The summed E-state index contributed by atoms with van der Waals surface area (Å²) in [7, 11) is 0. The molecular formula is C15H12Cl2N2O3S. The van der Waals surface area contributed by atoms with Crippen molar-refractivity contribution in [3.05, 3.63) is 52.1 Å². The normalized spacial score (nSPS) is 10.2. The van der Waals surface area contributed by atoms with Gasteiger partial charge in [-0.2, -0.15) is 0 Å². The van der Waals surface area contributed by atoms with Gasteiger partial charge >= 0.3 is 5.97 Å². The molecule has 1 amide bonds. The first-order chi connectivity index (χ1) is 11.0. The molecule has 2 aromatic rings. The Morgan fingerprint density at radius 2 is 1.96 bits per heavy atom. The van der Waals surface area contributed by atoms with Gasteiger partial charge in [-0.05, 0) is 36.6 Å². The van der Waals surface area contributed by atoms with E-state index in [4.69, 9.17) is 27.9 Å². The molecule has 0 spiro atoms. The van der Waals surface area contributed by atoms with E-state index in [2.05, 4.69) is 10.3 Å². The van der Waals surface area contributed by atoms with E-state index in [0.29, 0.717) is 10.6 Å². The van der Waals surface area contributed by atoms with Crippen molar-refractivity contribution in [2.45, 2.75) is 4.90 Å². The maximum atomic E-state index is 11.8. The van der Waals surface area contributed by atoms with Crippen LogP contribution in [0.1, 0.15) is 10.4 Å². The van der Waals surface area contributed by atoms with Crippen molar-refractivity contribution in [1.82, 2.24) is 4.98 Å². The molecule has 0 bridgehead atoms. The Labute approximate surface area is 147 Å². The quantitative estimate of drug-likeness (QED) is 0.638. The third-order valence-electron chi connectivity index (χ3n) is 2.73. The number of esters is 1. The van der Waals surface area contributed by atoms with Crippen molar-refractivity contribution in [1.29, 1.82) is 0 Å². The molecule has 8 heteroatoms. The van der Waals surface area contributed by atoms with E-state index >= 15 is 0 Å². The van der Waals surface area contributed by atoms with Crippen LogP contribution < -0.4 is 5.32 Å². The lowest BCUT2D eigenvalue weighted by atomic mass is 10.2. The van der Waals surface area contributed by atoms with Gasteiger partial charge in [0.2, 0.25) is 0 Å². The minimum absolute atomic E-state index is 0.154. The van der Waals surface area contributed by atoms with Gasteiger partial charge in [-0.15, -0.1) is 11.8 Å². The fourth-order valence-electron chi connectivity index (χ4n) is 1.62. The van der Waals surface area contributed by atoms with Crippen LogP contribution in [0.4, 0.5) is 5.82 Å². The summed E-state index contributed by atoms with van der Waals surface area (Å²) in [6, 6.07) is 8.34. The van der Waals surface area contributed by atoms with Gasteiger partial charge in [0.05, 0.1) is 15.6 Å². The minimum atomic E-state index is -0.581. The molecule has 1 heterocycles. The van der Waals surface area contributed by atoms with Crippen LogP contribution in [-0.4, -0.2) is 29.7 Å². The first-order valence-electron chi connectivity index (χ1n) is 6.41. The Kier molecular flexibility index (Phi) is 6.27. The second-order valence-electron chi connectivity index (χ2n) is 4.34. The van der Waals surface area contributed by atoms with Gasteiger partial charge in [0.1, 0.15) is 0 Å². The smallest absolute Gasteiger partial charge is 0.338 e. The number of carbonyl (C=O) groups excluding carboxylic acids is 2. The summed E-state index contributed by atoms with van der Waals surface area (Å²) in [4.78, 5) is 28.5. The molecule has 1 aromatic carbocycles. The zero-order valence-electron chi connectivity index (χ0n) is 12.0. The number of amides is 1. The van der Waals surface area contributed by atoms with Gasteiger partial charge in [0.25, 0.3) is 5.91 Å². The highest BCUT2D eigenvalue weighted by Crippen LogP contribution is 2.22. The van der Waals surface area contributed by atoms with Gasteiger partial charge in [-0.3, -0.25) is 4.79 Å². The zero-order valence-corrected chi connectivity index (χ0v) is 14.3. The summed E-state index contributed by atoms with van der Waals surface area (Å²) in [5, 5.41) is 2.99. The number of ether oxygens (including phenoxy) is 1. The molecule has 1 aromatic heterocycles. The number of thioether (sulfide) groups is 1. The average Bonchev–Trinajstić information content (AvgIpc) is 2.55. The number of nitrogens with one attached hydrogen (secondary N) is 1. The van der Waals surface area contributed by atoms with Crippen LogP contribution in [-0.2, 0) is 9.53 Å². The van der Waals surface area contributed by atoms with Gasteiger partial charge in [-0.1, -0.05) is 23.2 Å². The number of pyridine rings is 1. The van der Waals surface area contributed by atoms with E-state index < -0.39 is 18.5 Å². The zero-order chi connectivity index (χ0) is 16.8. The molecule has 1 N–H and O–H groups in total. The fourth-order valence-corrected chi connectivity index (χ4v) is 2.45. The van der Waals surface area contributed by atoms with Crippen LogP contribution in [0.2, 0.25) is 10.0 Å². The summed E-state index contributed by atoms with van der Waals surface area (Å²) in [6.45, 7) is -0.441. The maximum absolute atomic E-state index is 11.8. The Balaban J connectivity index is 1.89. The molecule has 0 fully saturated rings. The molecule has 120 valence electrons. The summed E-state index contributed by atoms with van der Waals surface area (Å²) in [6.07, 6.45) is 3.29. The number of benzene rings is 1. The van der Waals surface area contributed by atoms with Gasteiger partial charge in [0.15, 0.2) is 12.4 Å². The molecule has 0 atom stereocenters. The van der Waals surface area contributed by atoms with Crippen LogP contribution in [0.25, 0.3) is 0 Å². The molecular weight excluding hydrogens is 359 g/mol. The summed E-state index contributed by atoms with van der Waals surface area (Å²) in [5.74, 6) is -0.972. The molecule has 0 unspecified atom stereocenters. The third-order valence-corrected chi connectivity index (χ3v) is 3.96. The van der Waals surface area contributed by atoms with Gasteiger partial charge in [0, 0.05) is 11.1 Å². The number of rotatable bonds is 5. The maximum Gasteiger partial charge on any atom is 0.338 e. The fraction of sp³-hybridized carbons (Fsp3) is 0.133. The first-order valence-corrected chi connectivity index (χ1v) is 8.39. The number of hydrogen-bond acceptors (Lipinski definition) is 5. The predicted molar refractivity (Wildman–Crippen MR) is 91.4 cm³/mol. The minimum Gasteiger partial charge on any atom is -0.452 e. The predicted octanol–water partition coefficient (Wildman–Crippen LogP) is 3.91. The van der Waals surface area contributed by atoms with E-state index in [1.165, 1.54) is 12.3 Å². The van der Waals surface area contributed by atoms with Crippen molar-refractivity contribution in [3.8, 4) is 0 Å². The van der Waals surface area contributed by atoms with E-state index in [-0.39, 0.29) is 10.8 Å². The van der Waals surface area contributed by atoms with Gasteiger partial charge < -0.3 is 10.1 Å². The number of nitrogens with zero attached hydrogens (tertiary/aromatic N) is 1. The lowest BCUT2D eigenvalue weighted by Crippen LogP contribution is -2.21. The molecule has 0 saturated carbocycles. The molecule has 23 heavy (non-hydrogen) atoms. The largest absolute Gasteiger partial charge is 0.452 e. The summed E-state index contributed by atoms with van der Waals surface area (Å²) in [5.41, 5.74) is 0.373. The highest BCUT2D eigenvalue weighted by atomic mass is 35.5. The Morgan fingerprint density at radius 1 is 1.26 bits per heavy atom. The number of hydrogen-bond donors (Lipinski definition) is 1. The van der Waals surface area contributed by atoms with Crippen molar-refractivity contribution in [2.24, 2.45) is 0 Å². The van der Waals surface area contributed by atoms with E-state index in [1.54, 1.807) is 36.0 Å². The van der Waals surface area contributed by atoms with Crippen LogP contribution in [0.3, 0.4) is 0 Å². The molecule has 0 aliphatic heterocycles. The summed E-state index contributed by atoms with van der Waals surface area (Å²) < 4.78 is 4.94. The molecule has 5 nitrogen and oxygen atoms in total. The number of aromatic nitrogens is 1. The van der Waals surface area contributed by atoms with E-state index in [1.807, 2.05) is 6.26 Å². The summed E-state index contributed by atoms with van der Waals surface area (Å²) >= 11 is 13.2. The molecule has 2 rings (SSSR count). The van der Waals surface area contributed by atoms with Crippen molar-refractivity contribution < 1.29 is 14.3 Å². The SMILES string of the molecule is CSc1ccc(C(=O)OCC(=O)Nc2ncc(Cl)cc2Cl)cc1. The number of anilines is 1. The lowest BCUT2D eigenvalue weighted by molar-refractivity contribution is -0.119. The first kappa shape index (κ1) is 17.6. The third kappa shape index (κ3) is 5.13. The van der Waals surface area contributed by atoms with Crippen LogP contribution in [0.15, 0.2) is 41.4 Å². The van der Waals surface area contributed by atoms with E-state index in [9.17, 15) is 9.59 Å². The van der Waals surface area contributed by atoms with Crippen LogP contribution >= 0.6 is 35.0 Å². The highest BCUT2D eigenvalue weighted by Gasteiger charge is 2.12. The monoisotopic (exact) mass is 370 g/mol. The highest BCUT2D eigenvalue weighted by molar-refractivity contribution is 7.98. The molecule has 0 saturated heterocycles. The van der Waals surface area contributed by atoms with Crippen molar-refractivity contribution >= 4 is 52.7 Å². The molecule has 0 aliphatic carbocycles.